The van der Waals surface area contributed by atoms with E-state index in [0.717, 1.165) is 11.1 Å². The normalized spacial score (nSPS) is 17.7. The molecule has 2 aromatic rings. The highest BCUT2D eigenvalue weighted by Gasteiger charge is 2.36. The largest absolute Gasteiger partial charge is 0.493 e. The summed E-state index contributed by atoms with van der Waals surface area (Å²) in [4.78, 5) is 0.0162. The van der Waals surface area contributed by atoms with Gasteiger partial charge in [-0.2, -0.15) is 4.31 Å². The Labute approximate surface area is 163 Å². The van der Waals surface area contributed by atoms with Crippen molar-refractivity contribution in [3.63, 3.8) is 0 Å². The Morgan fingerprint density at radius 2 is 1.73 bits per heavy atom. The molecule has 0 aromatic heterocycles. The van der Waals surface area contributed by atoms with Crippen molar-refractivity contribution in [3.8, 4) is 11.5 Å². The Balaban J connectivity index is 2.06. The smallest absolute Gasteiger partial charge is 0.245 e. The fraction of sp³-hybridized carbons (Fsp3) is 0.333. The zero-order chi connectivity index (χ0) is 19.1. The van der Waals surface area contributed by atoms with Gasteiger partial charge in [0.1, 0.15) is 4.90 Å². The van der Waals surface area contributed by atoms with Gasteiger partial charge in [-0.1, -0.05) is 23.2 Å². The molecule has 0 spiro atoms. The SMILES string of the molecule is COc1cc2c(cc1OC)C(C)N(S(=O)(=O)c1cc(Cl)ccc1Cl)CC2. The van der Waals surface area contributed by atoms with Gasteiger partial charge in [0.25, 0.3) is 0 Å². The molecule has 0 saturated heterocycles. The van der Waals surface area contributed by atoms with Gasteiger partial charge in [-0.05, 0) is 54.8 Å². The van der Waals surface area contributed by atoms with Crippen LogP contribution in [-0.4, -0.2) is 33.5 Å². The first-order valence-corrected chi connectivity index (χ1v) is 10.2. The van der Waals surface area contributed by atoms with Gasteiger partial charge >= 0.3 is 0 Å². The van der Waals surface area contributed by atoms with Crippen LogP contribution in [0.5, 0.6) is 11.5 Å². The summed E-state index contributed by atoms with van der Waals surface area (Å²) in [6, 6.07) is 7.80. The molecule has 1 heterocycles. The van der Waals surface area contributed by atoms with Crippen molar-refractivity contribution in [1.82, 2.24) is 4.31 Å². The van der Waals surface area contributed by atoms with Crippen LogP contribution in [0.3, 0.4) is 0 Å². The Hall–Kier alpha value is -1.47. The Morgan fingerprint density at radius 3 is 2.38 bits per heavy atom. The zero-order valence-electron chi connectivity index (χ0n) is 14.6. The second kappa shape index (κ2) is 7.27. The molecular formula is C18H19Cl2NO4S. The number of fused-ring (bicyclic) bond motifs is 1. The summed E-state index contributed by atoms with van der Waals surface area (Å²) in [5.74, 6) is 1.20. The van der Waals surface area contributed by atoms with Crippen LogP contribution in [0.2, 0.25) is 10.0 Å². The molecule has 1 atom stereocenters. The van der Waals surface area contributed by atoms with Crippen molar-refractivity contribution in [2.24, 2.45) is 0 Å². The second-order valence-electron chi connectivity index (χ2n) is 6.02. The topological polar surface area (TPSA) is 55.8 Å². The number of hydrogen-bond acceptors (Lipinski definition) is 4. The molecule has 140 valence electrons. The van der Waals surface area contributed by atoms with E-state index in [1.807, 2.05) is 19.1 Å². The van der Waals surface area contributed by atoms with Crippen LogP contribution in [0.25, 0.3) is 0 Å². The lowest BCUT2D eigenvalue weighted by atomic mass is 9.94. The molecule has 2 aromatic carbocycles. The van der Waals surface area contributed by atoms with Crippen molar-refractivity contribution in [1.29, 1.82) is 0 Å². The van der Waals surface area contributed by atoms with Crippen molar-refractivity contribution in [3.05, 3.63) is 51.5 Å². The van der Waals surface area contributed by atoms with Crippen LogP contribution in [0, 0.1) is 0 Å². The highest BCUT2D eigenvalue weighted by molar-refractivity contribution is 7.89. The molecule has 26 heavy (non-hydrogen) atoms. The highest BCUT2D eigenvalue weighted by atomic mass is 35.5. The molecular weight excluding hydrogens is 397 g/mol. The number of nitrogens with zero attached hydrogens (tertiary/aromatic N) is 1. The van der Waals surface area contributed by atoms with Gasteiger partial charge in [-0.3, -0.25) is 0 Å². The molecule has 0 amide bonds. The molecule has 1 unspecified atom stereocenters. The minimum atomic E-state index is -3.80. The Kier molecular flexibility index (Phi) is 5.40. The van der Waals surface area contributed by atoms with E-state index in [1.165, 1.54) is 16.4 Å². The number of methoxy groups -OCH3 is 2. The summed E-state index contributed by atoms with van der Waals surface area (Å²) < 4.78 is 38.5. The van der Waals surface area contributed by atoms with Crippen molar-refractivity contribution in [2.45, 2.75) is 24.3 Å². The first-order chi connectivity index (χ1) is 12.3. The van der Waals surface area contributed by atoms with Crippen LogP contribution >= 0.6 is 23.2 Å². The van der Waals surface area contributed by atoms with Crippen molar-refractivity contribution in [2.75, 3.05) is 20.8 Å². The summed E-state index contributed by atoms with van der Waals surface area (Å²) in [6.07, 6.45) is 0.567. The average molecular weight is 416 g/mol. The molecule has 8 heteroatoms. The Bertz CT molecular complexity index is 946. The summed E-state index contributed by atoms with van der Waals surface area (Å²) in [6.45, 7) is 2.19. The maximum atomic E-state index is 13.2. The molecule has 0 bridgehead atoms. The summed E-state index contributed by atoms with van der Waals surface area (Å²) in [5, 5.41) is 0.476. The van der Waals surface area contributed by atoms with Crippen molar-refractivity contribution >= 4 is 33.2 Å². The van der Waals surface area contributed by atoms with Gasteiger partial charge in [0.05, 0.1) is 19.2 Å². The maximum absolute atomic E-state index is 13.2. The number of rotatable bonds is 4. The first-order valence-electron chi connectivity index (χ1n) is 8.01. The number of halogens is 2. The predicted molar refractivity (Wildman–Crippen MR) is 102 cm³/mol. The lowest BCUT2D eigenvalue weighted by Gasteiger charge is -2.35. The number of benzene rings is 2. The van der Waals surface area contributed by atoms with Gasteiger partial charge in [0.15, 0.2) is 11.5 Å². The third kappa shape index (κ3) is 3.27. The molecule has 0 radical (unpaired) electrons. The summed E-state index contributed by atoms with van der Waals surface area (Å²) in [5.41, 5.74) is 1.93. The predicted octanol–water partition coefficient (Wildman–Crippen LogP) is 4.32. The maximum Gasteiger partial charge on any atom is 0.245 e. The molecule has 0 aliphatic carbocycles. The van der Waals surface area contributed by atoms with E-state index in [9.17, 15) is 8.42 Å². The molecule has 0 fully saturated rings. The van der Waals surface area contributed by atoms with E-state index in [2.05, 4.69) is 0 Å². The van der Waals surface area contributed by atoms with Crippen LogP contribution in [0.1, 0.15) is 24.1 Å². The zero-order valence-corrected chi connectivity index (χ0v) is 17.0. The van der Waals surface area contributed by atoms with Crippen molar-refractivity contribution < 1.29 is 17.9 Å². The third-order valence-corrected chi connectivity index (χ3v) is 7.30. The monoisotopic (exact) mass is 415 g/mol. The molecule has 0 N–H and O–H groups in total. The molecule has 3 rings (SSSR count). The molecule has 5 nitrogen and oxygen atoms in total. The molecule has 1 aliphatic heterocycles. The Morgan fingerprint density at radius 1 is 1.08 bits per heavy atom. The van der Waals surface area contributed by atoms with Crippen LogP contribution in [-0.2, 0) is 16.4 Å². The number of sulfonamides is 1. The van der Waals surface area contributed by atoms with E-state index >= 15 is 0 Å². The minimum absolute atomic E-state index is 0.0162. The van der Waals surface area contributed by atoms with Gasteiger partial charge in [0.2, 0.25) is 10.0 Å². The average Bonchev–Trinajstić information content (AvgIpc) is 2.62. The van der Waals surface area contributed by atoms with E-state index in [4.69, 9.17) is 32.7 Å². The number of hydrogen-bond donors (Lipinski definition) is 0. The first kappa shape index (κ1) is 19.3. The van der Waals surface area contributed by atoms with Gasteiger partial charge in [-0.15, -0.1) is 0 Å². The quantitative estimate of drug-likeness (QED) is 0.745. The van der Waals surface area contributed by atoms with Gasteiger partial charge in [0, 0.05) is 17.6 Å². The van der Waals surface area contributed by atoms with E-state index in [-0.39, 0.29) is 16.0 Å². The van der Waals surface area contributed by atoms with Crippen LogP contribution in [0.15, 0.2) is 35.2 Å². The highest BCUT2D eigenvalue weighted by Crippen LogP contribution is 2.40. The summed E-state index contributed by atoms with van der Waals surface area (Å²) >= 11 is 12.1. The lowest BCUT2D eigenvalue weighted by molar-refractivity contribution is 0.319. The lowest BCUT2D eigenvalue weighted by Crippen LogP contribution is -2.39. The minimum Gasteiger partial charge on any atom is -0.493 e. The van der Waals surface area contributed by atoms with Gasteiger partial charge in [-0.25, -0.2) is 8.42 Å². The van der Waals surface area contributed by atoms with Crippen LogP contribution < -0.4 is 9.47 Å². The standard InChI is InChI=1S/C18H19Cl2NO4S/c1-11-14-10-17(25-3)16(24-2)8-12(14)6-7-21(11)26(22,23)18-9-13(19)4-5-15(18)20/h4-5,8-11H,6-7H2,1-3H3. The summed E-state index contributed by atoms with van der Waals surface area (Å²) in [7, 11) is -0.666. The fourth-order valence-electron chi connectivity index (χ4n) is 3.25. The third-order valence-electron chi connectivity index (χ3n) is 4.61. The van der Waals surface area contributed by atoms with E-state index < -0.39 is 10.0 Å². The van der Waals surface area contributed by atoms with Crippen LogP contribution in [0.4, 0.5) is 0 Å². The molecule has 1 aliphatic rings. The molecule has 0 saturated carbocycles. The number of ether oxygens (including phenoxy) is 2. The fourth-order valence-corrected chi connectivity index (χ4v) is 5.60. The second-order valence-corrected chi connectivity index (χ2v) is 8.73. The van der Waals surface area contributed by atoms with E-state index in [1.54, 1.807) is 20.3 Å². The van der Waals surface area contributed by atoms with Gasteiger partial charge < -0.3 is 9.47 Å². The van der Waals surface area contributed by atoms with E-state index in [0.29, 0.717) is 29.5 Å².